The van der Waals surface area contributed by atoms with Crippen LogP contribution < -0.4 is 10.2 Å². The molecule has 1 N–H and O–H groups in total. The van der Waals surface area contributed by atoms with Crippen LogP contribution >= 0.6 is 11.5 Å². The Morgan fingerprint density at radius 3 is 2.73 bits per heavy atom. The van der Waals surface area contributed by atoms with Gasteiger partial charge in [0.25, 0.3) is 0 Å². The summed E-state index contributed by atoms with van der Waals surface area (Å²) in [6.07, 6.45) is 3.75. The molecule has 6 nitrogen and oxygen atoms in total. The predicted octanol–water partition coefficient (Wildman–Crippen LogP) is 4.59. The minimum Gasteiger partial charge on any atom is -0.467 e. The Hall–Kier alpha value is -2.67. The van der Waals surface area contributed by atoms with Crippen LogP contribution in [-0.4, -0.2) is 28.4 Å². The second-order valence-electron chi connectivity index (χ2n) is 7.94. The smallest absolute Gasteiger partial charge is 0.221 e. The maximum Gasteiger partial charge on any atom is 0.221 e. The zero-order valence-electron chi connectivity index (χ0n) is 17.9. The van der Waals surface area contributed by atoms with E-state index in [0.717, 1.165) is 23.1 Å². The maximum atomic E-state index is 12.2. The number of furan rings is 1. The van der Waals surface area contributed by atoms with Crippen LogP contribution in [0, 0.1) is 12.8 Å². The molecule has 0 atom stereocenters. The summed E-state index contributed by atoms with van der Waals surface area (Å²) >= 11 is 1.37. The van der Waals surface area contributed by atoms with Gasteiger partial charge in [0.15, 0.2) is 0 Å². The summed E-state index contributed by atoms with van der Waals surface area (Å²) in [4.78, 5) is 19.0. The van der Waals surface area contributed by atoms with Crippen molar-refractivity contribution in [2.45, 2.75) is 46.6 Å². The minimum absolute atomic E-state index is 0.0597. The quantitative estimate of drug-likeness (QED) is 0.486. The van der Waals surface area contributed by atoms with E-state index >= 15 is 0 Å². The van der Waals surface area contributed by atoms with Crippen molar-refractivity contribution >= 4 is 22.6 Å². The first-order valence-corrected chi connectivity index (χ1v) is 11.2. The van der Waals surface area contributed by atoms with Crippen LogP contribution in [0.3, 0.4) is 0 Å². The molecule has 0 aliphatic rings. The average molecular weight is 427 g/mol. The van der Waals surface area contributed by atoms with Crippen molar-refractivity contribution in [1.29, 1.82) is 0 Å². The van der Waals surface area contributed by atoms with E-state index in [2.05, 4.69) is 59.6 Å². The summed E-state index contributed by atoms with van der Waals surface area (Å²) in [5.41, 5.74) is 2.43. The van der Waals surface area contributed by atoms with Gasteiger partial charge in [-0.15, -0.1) is 0 Å². The Balaban J connectivity index is 1.62. The number of carbonyl (C=O) groups excluding carboxylic acids is 1. The van der Waals surface area contributed by atoms with Crippen LogP contribution in [-0.2, 0) is 17.8 Å². The highest BCUT2D eigenvalue weighted by atomic mass is 32.1. The molecule has 0 saturated carbocycles. The van der Waals surface area contributed by atoms with Crippen molar-refractivity contribution in [1.82, 2.24) is 14.7 Å². The van der Waals surface area contributed by atoms with Crippen molar-refractivity contribution in [2.75, 3.05) is 18.0 Å². The van der Waals surface area contributed by atoms with Crippen molar-refractivity contribution < 1.29 is 9.21 Å². The highest BCUT2D eigenvalue weighted by Crippen LogP contribution is 2.22. The molecular weight excluding hydrogens is 396 g/mol. The molecule has 0 aliphatic carbocycles. The third-order valence-corrected chi connectivity index (χ3v) is 5.60. The van der Waals surface area contributed by atoms with Gasteiger partial charge in [0.1, 0.15) is 11.6 Å². The molecule has 0 aliphatic heterocycles. The largest absolute Gasteiger partial charge is 0.467 e. The van der Waals surface area contributed by atoms with E-state index in [4.69, 9.17) is 9.40 Å². The minimum atomic E-state index is 0.0597. The second-order valence-corrected chi connectivity index (χ2v) is 8.67. The molecule has 30 heavy (non-hydrogen) atoms. The number of nitrogens with zero attached hydrogens (tertiary/aromatic N) is 3. The first-order valence-electron chi connectivity index (χ1n) is 10.4. The zero-order chi connectivity index (χ0) is 21.3. The average Bonchev–Trinajstić information content (AvgIpc) is 3.39. The number of aromatic nitrogens is 2. The summed E-state index contributed by atoms with van der Waals surface area (Å²) in [7, 11) is 0. The third kappa shape index (κ3) is 6.99. The Labute approximate surface area is 182 Å². The molecule has 3 aromatic rings. The normalized spacial score (nSPS) is 11.1. The van der Waals surface area contributed by atoms with Gasteiger partial charge in [-0.1, -0.05) is 43.7 Å². The fourth-order valence-corrected chi connectivity index (χ4v) is 3.70. The van der Waals surface area contributed by atoms with E-state index in [9.17, 15) is 4.79 Å². The monoisotopic (exact) mass is 426 g/mol. The molecule has 1 aromatic carbocycles. The fraction of sp³-hybridized carbons (Fsp3) is 0.435. The lowest BCUT2D eigenvalue weighted by Crippen LogP contribution is -2.31. The summed E-state index contributed by atoms with van der Waals surface area (Å²) in [6.45, 7) is 8.23. The highest BCUT2D eigenvalue weighted by Gasteiger charge is 2.16. The van der Waals surface area contributed by atoms with Gasteiger partial charge in [0.05, 0.1) is 12.8 Å². The van der Waals surface area contributed by atoms with Gasteiger partial charge in [-0.25, -0.2) is 4.98 Å². The number of hydrogen-bond acceptors (Lipinski definition) is 6. The molecule has 0 bridgehead atoms. The molecule has 0 spiro atoms. The molecule has 2 aromatic heterocycles. The first kappa shape index (κ1) is 22.0. The number of amides is 1. The highest BCUT2D eigenvalue weighted by molar-refractivity contribution is 7.09. The van der Waals surface area contributed by atoms with Crippen LogP contribution in [0.1, 0.15) is 49.4 Å². The number of aryl methyl sites for hydroxylation is 1. The summed E-state index contributed by atoms with van der Waals surface area (Å²) < 4.78 is 10.0. The fourth-order valence-electron chi connectivity index (χ4n) is 2.99. The Kier molecular flexibility index (Phi) is 8.02. The lowest BCUT2D eigenvalue weighted by molar-refractivity contribution is -0.120. The van der Waals surface area contributed by atoms with Gasteiger partial charge in [-0.2, -0.15) is 4.37 Å². The number of rotatable bonds is 11. The van der Waals surface area contributed by atoms with E-state index in [1.807, 2.05) is 12.1 Å². The van der Waals surface area contributed by atoms with Gasteiger partial charge in [0.2, 0.25) is 11.0 Å². The van der Waals surface area contributed by atoms with Crippen LogP contribution in [0.4, 0.5) is 5.13 Å². The van der Waals surface area contributed by atoms with Gasteiger partial charge >= 0.3 is 0 Å². The first-order chi connectivity index (χ1) is 14.5. The summed E-state index contributed by atoms with van der Waals surface area (Å²) in [5, 5.41) is 3.81. The number of nitrogens with one attached hydrogen (secondary N) is 1. The van der Waals surface area contributed by atoms with Crippen LogP contribution in [0.15, 0.2) is 47.1 Å². The lowest BCUT2D eigenvalue weighted by atomic mass is 10.1. The lowest BCUT2D eigenvalue weighted by Gasteiger charge is -2.20. The molecule has 0 unspecified atom stereocenters. The Morgan fingerprint density at radius 1 is 1.23 bits per heavy atom. The van der Waals surface area contributed by atoms with E-state index in [1.54, 1.807) is 6.26 Å². The van der Waals surface area contributed by atoms with E-state index in [1.165, 1.54) is 22.7 Å². The maximum absolute atomic E-state index is 12.2. The number of anilines is 1. The second kappa shape index (κ2) is 10.9. The van der Waals surface area contributed by atoms with Gasteiger partial charge in [0, 0.05) is 37.5 Å². The predicted molar refractivity (Wildman–Crippen MR) is 121 cm³/mol. The molecule has 1 amide bonds. The topological polar surface area (TPSA) is 71.3 Å². The molecule has 3 rings (SSSR count). The van der Waals surface area contributed by atoms with E-state index < -0.39 is 0 Å². The Morgan fingerprint density at radius 2 is 2.03 bits per heavy atom. The van der Waals surface area contributed by atoms with Gasteiger partial charge < -0.3 is 14.6 Å². The van der Waals surface area contributed by atoms with Crippen LogP contribution in [0.5, 0.6) is 0 Å². The summed E-state index contributed by atoms with van der Waals surface area (Å²) in [5.74, 6) is 2.27. The van der Waals surface area contributed by atoms with Crippen molar-refractivity contribution in [2.24, 2.45) is 5.92 Å². The number of carbonyl (C=O) groups is 1. The van der Waals surface area contributed by atoms with Crippen LogP contribution in [0.25, 0.3) is 0 Å². The summed E-state index contributed by atoms with van der Waals surface area (Å²) in [6, 6.07) is 12.2. The van der Waals surface area contributed by atoms with Crippen molar-refractivity contribution in [3.63, 3.8) is 0 Å². The zero-order valence-corrected chi connectivity index (χ0v) is 18.7. The number of hydrogen-bond donors (Lipinski definition) is 1. The Bertz CT molecular complexity index is 904. The molecule has 7 heteroatoms. The van der Waals surface area contributed by atoms with Gasteiger partial charge in [-0.05, 0) is 37.0 Å². The molecular formula is C23H30N4O2S. The van der Waals surface area contributed by atoms with Crippen molar-refractivity contribution in [3.05, 3.63) is 65.4 Å². The van der Waals surface area contributed by atoms with Gasteiger partial charge in [-0.3, -0.25) is 4.79 Å². The SMILES string of the molecule is Cc1ccc(Cc2nsc(N(CCC(=O)NCCC(C)C)Cc3ccco3)n2)cc1. The van der Waals surface area contributed by atoms with Crippen molar-refractivity contribution in [3.8, 4) is 0 Å². The van der Waals surface area contributed by atoms with E-state index in [0.29, 0.717) is 38.4 Å². The molecule has 0 radical (unpaired) electrons. The van der Waals surface area contributed by atoms with Crippen LogP contribution in [0.2, 0.25) is 0 Å². The third-order valence-electron chi connectivity index (χ3n) is 4.79. The number of benzene rings is 1. The molecule has 2 heterocycles. The molecule has 0 fully saturated rings. The van der Waals surface area contributed by atoms with E-state index in [-0.39, 0.29) is 5.91 Å². The molecule has 160 valence electrons. The molecule has 0 saturated heterocycles. The standard InChI is InChI=1S/C23H30N4O2S/c1-17(2)10-12-24-22(28)11-13-27(16-20-5-4-14-29-20)23-25-21(26-30-23)15-19-8-6-18(3)7-9-19/h4-9,14,17H,10-13,15-16H2,1-3H3,(H,24,28).